The molecule has 0 N–H and O–H groups in total. The molecule has 0 aliphatic carbocycles. The Balaban J connectivity index is 3.16. The van der Waals surface area contributed by atoms with E-state index in [4.69, 9.17) is 0 Å². The van der Waals surface area contributed by atoms with Gasteiger partial charge in [-0.15, -0.1) is 0 Å². The number of hydrogen-bond donors (Lipinski definition) is 0. The molecule has 14 heavy (non-hydrogen) atoms. The fourth-order valence-corrected chi connectivity index (χ4v) is 0.747. The average Bonchev–Trinajstić information content (AvgIpc) is 2.02. The molecule has 1 aromatic heterocycles. The van der Waals surface area contributed by atoms with Crippen molar-refractivity contribution in [3.8, 4) is 0 Å². The molecule has 0 spiro atoms. The summed E-state index contributed by atoms with van der Waals surface area (Å²) < 4.78 is 72.6. The second-order valence-corrected chi connectivity index (χ2v) is 2.46. The zero-order valence-electron chi connectivity index (χ0n) is 6.45. The molecule has 1 rings (SSSR count). The number of hydrogen-bond acceptors (Lipinski definition) is 1. The SMILES string of the molecule is Fc1cncc(C(F)(F)C(F)(F)F)c1. The van der Waals surface area contributed by atoms with Crippen LogP contribution >= 0.6 is 0 Å². The quantitative estimate of drug-likeness (QED) is 0.656. The van der Waals surface area contributed by atoms with Gasteiger partial charge in [-0.3, -0.25) is 4.98 Å². The molecule has 0 fully saturated rings. The van der Waals surface area contributed by atoms with Gasteiger partial charge in [0.15, 0.2) is 0 Å². The highest BCUT2D eigenvalue weighted by Crippen LogP contribution is 2.43. The van der Waals surface area contributed by atoms with Crippen molar-refractivity contribution in [2.24, 2.45) is 0 Å². The molecule has 0 aliphatic rings. The van der Waals surface area contributed by atoms with Gasteiger partial charge in [-0.1, -0.05) is 0 Å². The molecule has 0 saturated carbocycles. The lowest BCUT2D eigenvalue weighted by atomic mass is 10.1. The number of alkyl halides is 5. The van der Waals surface area contributed by atoms with Crippen molar-refractivity contribution in [3.05, 3.63) is 29.8 Å². The number of halogens is 6. The molecule has 1 nitrogen and oxygen atoms in total. The molecule has 0 aliphatic heterocycles. The van der Waals surface area contributed by atoms with E-state index in [1.165, 1.54) is 0 Å². The number of pyridine rings is 1. The first-order valence-electron chi connectivity index (χ1n) is 3.30. The lowest BCUT2D eigenvalue weighted by molar-refractivity contribution is -0.289. The maximum atomic E-state index is 12.5. The molecule has 0 atom stereocenters. The first-order chi connectivity index (χ1) is 6.25. The summed E-state index contributed by atoms with van der Waals surface area (Å²) in [5.74, 6) is -6.33. The summed E-state index contributed by atoms with van der Waals surface area (Å²) in [6.07, 6.45) is -4.94. The normalized spacial score (nSPS) is 13.0. The molecule has 1 aromatic rings. The van der Waals surface area contributed by atoms with Crippen LogP contribution in [0.15, 0.2) is 18.5 Å². The third-order valence-electron chi connectivity index (χ3n) is 1.42. The van der Waals surface area contributed by atoms with Gasteiger partial charge in [-0.2, -0.15) is 22.0 Å². The summed E-state index contributed by atoms with van der Waals surface area (Å²) in [6, 6.07) is 0.0977. The largest absolute Gasteiger partial charge is 0.458 e. The number of nitrogens with zero attached hydrogens (tertiary/aromatic N) is 1. The molecule has 7 heteroatoms. The van der Waals surface area contributed by atoms with Crippen LogP contribution in [0.5, 0.6) is 0 Å². The van der Waals surface area contributed by atoms with Crippen LogP contribution in [0, 0.1) is 5.82 Å². The average molecular weight is 215 g/mol. The Morgan fingerprint density at radius 2 is 1.57 bits per heavy atom. The predicted octanol–water partition coefficient (Wildman–Crippen LogP) is 2.87. The van der Waals surface area contributed by atoms with Gasteiger partial charge in [0.25, 0.3) is 0 Å². The van der Waals surface area contributed by atoms with E-state index in [1.54, 1.807) is 0 Å². The Labute approximate surface area is 74.4 Å². The predicted molar refractivity (Wildman–Crippen MR) is 34.1 cm³/mol. The van der Waals surface area contributed by atoms with Crippen LogP contribution in [-0.2, 0) is 5.92 Å². The molecule has 0 aromatic carbocycles. The summed E-state index contributed by atoms with van der Waals surface area (Å²) in [6.45, 7) is 0. The molecular formula is C7H3F6N. The standard InChI is InChI=1S/C7H3F6N/c8-5-1-4(2-14-3-5)6(9,10)7(11,12)13/h1-3H. The van der Waals surface area contributed by atoms with Gasteiger partial charge >= 0.3 is 12.1 Å². The van der Waals surface area contributed by atoms with Gasteiger partial charge in [-0.25, -0.2) is 4.39 Å². The Kier molecular flexibility index (Phi) is 2.43. The highest BCUT2D eigenvalue weighted by Gasteiger charge is 2.59. The summed E-state index contributed by atoms with van der Waals surface area (Å²) in [5.41, 5.74) is -1.51. The Hall–Kier alpha value is -1.27. The van der Waals surface area contributed by atoms with Crippen molar-refractivity contribution < 1.29 is 26.3 Å². The van der Waals surface area contributed by atoms with Gasteiger partial charge in [0.1, 0.15) is 5.82 Å². The van der Waals surface area contributed by atoms with Crippen LogP contribution in [0.4, 0.5) is 26.3 Å². The second-order valence-electron chi connectivity index (χ2n) is 2.46. The topological polar surface area (TPSA) is 12.9 Å². The minimum atomic E-state index is -5.75. The lowest BCUT2D eigenvalue weighted by Crippen LogP contribution is -2.33. The Morgan fingerprint density at radius 3 is 2.00 bits per heavy atom. The van der Waals surface area contributed by atoms with Crippen molar-refractivity contribution >= 4 is 0 Å². The van der Waals surface area contributed by atoms with E-state index in [-0.39, 0.29) is 12.3 Å². The number of aromatic nitrogens is 1. The fourth-order valence-electron chi connectivity index (χ4n) is 0.747. The second kappa shape index (κ2) is 3.14. The maximum Gasteiger partial charge on any atom is 0.458 e. The van der Waals surface area contributed by atoms with E-state index in [1.807, 2.05) is 0 Å². The third kappa shape index (κ3) is 1.80. The van der Waals surface area contributed by atoms with Gasteiger partial charge in [0.05, 0.1) is 11.8 Å². The summed E-state index contributed by atoms with van der Waals surface area (Å²) in [7, 11) is 0. The first kappa shape index (κ1) is 10.8. The van der Waals surface area contributed by atoms with Gasteiger partial charge in [0, 0.05) is 6.20 Å². The lowest BCUT2D eigenvalue weighted by Gasteiger charge is -2.19. The number of rotatable bonds is 1. The van der Waals surface area contributed by atoms with Gasteiger partial charge < -0.3 is 0 Å². The summed E-state index contributed by atoms with van der Waals surface area (Å²) in [5, 5.41) is 0. The van der Waals surface area contributed by atoms with E-state index >= 15 is 0 Å². The van der Waals surface area contributed by atoms with Crippen molar-refractivity contribution in [1.82, 2.24) is 4.98 Å². The fraction of sp³-hybridized carbons (Fsp3) is 0.286. The molecule has 1 heterocycles. The maximum absolute atomic E-state index is 12.5. The summed E-state index contributed by atoms with van der Waals surface area (Å²) in [4.78, 5) is 2.91. The first-order valence-corrected chi connectivity index (χ1v) is 3.30. The molecular weight excluding hydrogens is 212 g/mol. The minimum Gasteiger partial charge on any atom is -0.261 e. The van der Waals surface area contributed by atoms with Crippen LogP contribution in [0.3, 0.4) is 0 Å². The minimum absolute atomic E-state index is 0.0977. The van der Waals surface area contributed by atoms with E-state index in [0.29, 0.717) is 6.20 Å². The Bertz CT molecular complexity index is 331. The highest BCUT2D eigenvalue weighted by atomic mass is 19.4. The van der Waals surface area contributed by atoms with E-state index in [9.17, 15) is 26.3 Å². The third-order valence-corrected chi connectivity index (χ3v) is 1.42. The van der Waals surface area contributed by atoms with E-state index in [2.05, 4.69) is 4.98 Å². The van der Waals surface area contributed by atoms with E-state index in [0.717, 1.165) is 0 Å². The molecule has 0 amide bonds. The molecule has 0 saturated heterocycles. The smallest absolute Gasteiger partial charge is 0.261 e. The van der Waals surface area contributed by atoms with Gasteiger partial charge in [-0.05, 0) is 6.07 Å². The summed E-state index contributed by atoms with van der Waals surface area (Å²) >= 11 is 0. The zero-order valence-corrected chi connectivity index (χ0v) is 6.45. The van der Waals surface area contributed by atoms with E-state index < -0.39 is 23.5 Å². The monoisotopic (exact) mass is 215 g/mol. The molecule has 0 unspecified atom stereocenters. The van der Waals surface area contributed by atoms with Crippen LogP contribution in [-0.4, -0.2) is 11.2 Å². The van der Waals surface area contributed by atoms with Crippen molar-refractivity contribution in [2.75, 3.05) is 0 Å². The van der Waals surface area contributed by atoms with Crippen molar-refractivity contribution in [2.45, 2.75) is 12.1 Å². The Morgan fingerprint density at radius 1 is 1.00 bits per heavy atom. The van der Waals surface area contributed by atoms with Crippen LogP contribution in [0.1, 0.15) is 5.56 Å². The highest BCUT2D eigenvalue weighted by molar-refractivity contribution is 5.18. The van der Waals surface area contributed by atoms with Crippen LogP contribution in [0.2, 0.25) is 0 Å². The van der Waals surface area contributed by atoms with Crippen LogP contribution < -0.4 is 0 Å². The van der Waals surface area contributed by atoms with Crippen molar-refractivity contribution in [3.63, 3.8) is 0 Å². The molecule has 0 radical (unpaired) electrons. The molecule has 0 bridgehead atoms. The molecule has 78 valence electrons. The van der Waals surface area contributed by atoms with Crippen LogP contribution in [0.25, 0.3) is 0 Å². The zero-order chi connectivity index (χ0) is 11.0. The van der Waals surface area contributed by atoms with Crippen molar-refractivity contribution in [1.29, 1.82) is 0 Å². The van der Waals surface area contributed by atoms with Gasteiger partial charge in [0.2, 0.25) is 0 Å².